The Hall–Kier alpha value is -2.05. The Balaban J connectivity index is 1.58. The van der Waals surface area contributed by atoms with E-state index in [-0.39, 0.29) is 12.0 Å². The van der Waals surface area contributed by atoms with E-state index in [1.54, 1.807) is 6.08 Å². The van der Waals surface area contributed by atoms with Crippen LogP contribution in [0.2, 0.25) is 0 Å². The van der Waals surface area contributed by atoms with Crippen LogP contribution in [0.15, 0.2) is 30.3 Å². The van der Waals surface area contributed by atoms with Gasteiger partial charge in [0.15, 0.2) is 0 Å². The highest BCUT2D eigenvalue weighted by Gasteiger charge is 2.22. The van der Waals surface area contributed by atoms with Gasteiger partial charge >= 0.3 is 0 Å². The Labute approximate surface area is 133 Å². The number of nitrogens with zero attached hydrogens (tertiary/aromatic N) is 2. The van der Waals surface area contributed by atoms with Gasteiger partial charge in [-0.05, 0) is 31.4 Å². The van der Waals surface area contributed by atoms with Gasteiger partial charge in [0.2, 0.25) is 11.0 Å². The second kappa shape index (κ2) is 6.81. The molecule has 1 N–H and O–H groups in total. The largest absolute Gasteiger partial charge is 0.371 e. The number of benzene rings is 1. The van der Waals surface area contributed by atoms with E-state index in [9.17, 15) is 4.79 Å². The van der Waals surface area contributed by atoms with Crippen molar-refractivity contribution < 1.29 is 9.53 Å². The van der Waals surface area contributed by atoms with Gasteiger partial charge in [0.25, 0.3) is 0 Å². The molecule has 0 saturated carbocycles. The fourth-order valence-electron chi connectivity index (χ4n) is 2.18. The molecule has 1 amide bonds. The van der Waals surface area contributed by atoms with Gasteiger partial charge in [-0.1, -0.05) is 41.2 Å². The molecule has 1 aliphatic heterocycles. The smallest absolute Gasteiger partial charge is 0.250 e. The first-order valence-corrected chi connectivity index (χ1v) is 8.03. The third-order valence-electron chi connectivity index (χ3n) is 3.38. The SMILES string of the molecule is Cc1ccc(/C=C/C(=O)Nc2nnc(C3CCCO3)s2)cc1. The fourth-order valence-corrected chi connectivity index (χ4v) is 3.01. The molecule has 0 aliphatic carbocycles. The van der Waals surface area contributed by atoms with E-state index in [4.69, 9.17) is 4.74 Å². The quantitative estimate of drug-likeness (QED) is 0.879. The number of ether oxygens (including phenoxy) is 1. The van der Waals surface area contributed by atoms with E-state index in [0.717, 1.165) is 30.0 Å². The van der Waals surface area contributed by atoms with Crippen molar-refractivity contribution in [3.8, 4) is 0 Å². The van der Waals surface area contributed by atoms with Crippen LogP contribution < -0.4 is 5.32 Å². The van der Waals surface area contributed by atoms with Crippen LogP contribution in [0.25, 0.3) is 6.08 Å². The van der Waals surface area contributed by atoms with E-state index in [1.165, 1.54) is 23.0 Å². The Morgan fingerprint density at radius 2 is 2.18 bits per heavy atom. The predicted octanol–water partition coefficient (Wildman–Crippen LogP) is 3.35. The molecule has 0 spiro atoms. The summed E-state index contributed by atoms with van der Waals surface area (Å²) in [6.45, 7) is 2.80. The summed E-state index contributed by atoms with van der Waals surface area (Å²) < 4.78 is 5.55. The summed E-state index contributed by atoms with van der Waals surface area (Å²) in [5.74, 6) is -0.212. The zero-order valence-electron chi connectivity index (χ0n) is 12.3. The number of rotatable bonds is 4. The maximum Gasteiger partial charge on any atom is 0.250 e. The van der Waals surface area contributed by atoms with Crippen LogP contribution in [0, 0.1) is 6.92 Å². The molecule has 1 fully saturated rings. The average Bonchev–Trinajstić information content (AvgIpc) is 3.17. The zero-order valence-corrected chi connectivity index (χ0v) is 13.1. The first-order chi connectivity index (χ1) is 10.7. The number of hydrogen-bond donors (Lipinski definition) is 1. The lowest BCUT2D eigenvalue weighted by Crippen LogP contribution is -2.07. The molecule has 1 aliphatic rings. The molecule has 114 valence electrons. The maximum absolute atomic E-state index is 11.9. The van der Waals surface area contributed by atoms with Gasteiger partial charge in [0.05, 0.1) is 0 Å². The molecule has 1 aromatic carbocycles. The summed E-state index contributed by atoms with van der Waals surface area (Å²) in [4.78, 5) is 11.9. The lowest BCUT2D eigenvalue weighted by molar-refractivity contribution is -0.111. The van der Waals surface area contributed by atoms with E-state index < -0.39 is 0 Å². The van der Waals surface area contributed by atoms with Gasteiger partial charge in [0, 0.05) is 12.7 Å². The topological polar surface area (TPSA) is 64.1 Å². The van der Waals surface area contributed by atoms with Crippen molar-refractivity contribution in [1.29, 1.82) is 0 Å². The van der Waals surface area contributed by atoms with Gasteiger partial charge in [0.1, 0.15) is 11.1 Å². The van der Waals surface area contributed by atoms with Crippen LogP contribution in [0.1, 0.15) is 35.1 Å². The van der Waals surface area contributed by atoms with Crippen molar-refractivity contribution >= 4 is 28.5 Å². The molecule has 1 saturated heterocycles. The van der Waals surface area contributed by atoms with Crippen LogP contribution in [0.4, 0.5) is 5.13 Å². The molecule has 0 bridgehead atoms. The molecule has 22 heavy (non-hydrogen) atoms. The maximum atomic E-state index is 11.9. The third-order valence-corrected chi connectivity index (χ3v) is 4.31. The summed E-state index contributed by atoms with van der Waals surface area (Å²) in [6.07, 6.45) is 5.32. The molecule has 6 heteroatoms. The summed E-state index contributed by atoms with van der Waals surface area (Å²) in [5.41, 5.74) is 2.18. The highest BCUT2D eigenvalue weighted by molar-refractivity contribution is 7.15. The Bertz CT molecular complexity index is 673. The van der Waals surface area contributed by atoms with Gasteiger partial charge < -0.3 is 4.74 Å². The van der Waals surface area contributed by atoms with Crippen molar-refractivity contribution in [3.05, 3.63) is 46.5 Å². The molecule has 1 atom stereocenters. The van der Waals surface area contributed by atoms with E-state index in [1.807, 2.05) is 31.2 Å². The molecule has 0 radical (unpaired) electrons. The number of anilines is 1. The lowest BCUT2D eigenvalue weighted by Gasteiger charge is -2.01. The van der Waals surface area contributed by atoms with Crippen LogP contribution in [-0.2, 0) is 9.53 Å². The minimum atomic E-state index is -0.212. The van der Waals surface area contributed by atoms with Gasteiger partial charge in [-0.25, -0.2) is 0 Å². The molecule has 2 heterocycles. The Morgan fingerprint density at radius 1 is 1.36 bits per heavy atom. The number of carbonyl (C=O) groups is 1. The summed E-state index contributed by atoms with van der Waals surface area (Å²) in [6, 6.07) is 7.96. The number of hydrogen-bond acceptors (Lipinski definition) is 5. The van der Waals surface area contributed by atoms with E-state index >= 15 is 0 Å². The van der Waals surface area contributed by atoms with Crippen molar-refractivity contribution in [2.75, 3.05) is 11.9 Å². The van der Waals surface area contributed by atoms with Crippen molar-refractivity contribution in [1.82, 2.24) is 10.2 Å². The van der Waals surface area contributed by atoms with E-state index in [2.05, 4.69) is 15.5 Å². The zero-order chi connectivity index (χ0) is 15.4. The Morgan fingerprint density at radius 3 is 2.91 bits per heavy atom. The number of carbonyl (C=O) groups excluding carboxylic acids is 1. The highest BCUT2D eigenvalue weighted by atomic mass is 32.1. The summed E-state index contributed by atoms with van der Waals surface area (Å²) in [7, 11) is 0. The Kier molecular flexibility index (Phi) is 4.60. The minimum absolute atomic E-state index is 0.0336. The number of amides is 1. The lowest BCUT2D eigenvalue weighted by atomic mass is 10.1. The number of nitrogens with one attached hydrogen (secondary N) is 1. The van der Waals surface area contributed by atoms with Gasteiger partial charge in [-0.3, -0.25) is 10.1 Å². The third kappa shape index (κ3) is 3.78. The van der Waals surface area contributed by atoms with E-state index in [0.29, 0.717) is 5.13 Å². The molecule has 5 nitrogen and oxygen atoms in total. The van der Waals surface area contributed by atoms with Crippen LogP contribution >= 0.6 is 11.3 Å². The van der Waals surface area contributed by atoms with Crippen molar-refractivity contribution in [3.63, 3.8) is 0 Å². The molecular formula is C16H17N3O2S. The second-order valence-electron chi connectivity index (χ2n) is 5.18. The standard InChI is InChI=1S/C16H17N3O2S/c1-11-4-6-12(7-5-11)8-9-14(20)17-16-19-18-15(22-16)13-3-2-10-21-13/h4-9,13H,2-3,10H2,1H3,(H,17,19,20)/b9-8+. The number of aryl methyl sites for hydroxylation is 1. The van der Waals surface area contributed by atoms with Gasteiger partial charge in [-0.2, -0.15) is 0 Å². The van der Waals surface area contributed by atoms with Crippen molar-refractivity contribution in [2.24, 2.45) is 0 Å². The molecular weight excluding hydrogens is 298 g/mol. The normalized spacial score (nSPS) is 18.0. The van der Waals surface area contributed by atoms with Gasteiger partial charge in [-0.15, -0.1) is 10.2 Å². The number of aromatic nitrogens is 2. The molecule has 3 rings (SSSR count). The summed E-state index contributed by atoms with van der Waals surface area (Å²) in [5, 5.41) is 12.1. The van der Waals surface area contributed by atoms with Crippen LogP contribution in [-0.4, -0.2) is 22.7 Å². The molecule has 1 unspecified atom stereocenters. The summed E-state index contributed by atoms with van der Waals surface area (Å²) >= 11 is 1.37. The van der Waals surface area contributed by atoms with Crippen LogP contribution in [0.3, 0.4) is 0 Å². The second-order valence-corrected chi connectivity index (χ2v) is 6.19. The highest BCUT2D eigenvalue weighted by Crippen LogP contribution is 2.31. The molecule has 1 aromatic heterocycles. The van der Waals surface area contributed by atoms with Crippen LogP contribution in [0.5, 0.6) is 0 Å². The monoisotopic (exact) mass is 315 g/mol. The molecule has 2 aromatic rings. The first-order valence-electron chi connectivity index (χ1n) is 7.21. The fraction of sp³-hybridized carbons (Fsp3) is 0.312. The average molecular weight is 315 g/mol. The van der Waals surface area contributed by atoms with Crippen molar-refractivity contribution in [2.45, 2.75) is 25.9 Å². The predicted molar refractivity (Wildman–Crippen MR) is 86.7 cm³/mol. The minimum Gasteiger partial charge on any atom is -0.371 e. The first kappa shape index (κ1) is 14.9.